The van der Waals surface area contributed by atoms with Gasteiger partial charge in [-0.05, 0) is 12.8 Å². The predicted molar refractivity (Wildman–Crippen MR) is 48.8 cm³/mol. The van der Waals surface area contributed by atoms with E-state index in [1.165, 1.54) is 7.11 Å². The van der Waals surface area contributed by atoms with Crippen molar-refractivity contribution in [2.24, 2.45) is 5.41 Å². The average molecular weight is 201 g/mol. The molecule has 1 saturated carbocycles. The summed E-state index contributed by atoms with van der Waals surface area (Å²) in [5.41, 5.74) is -1.16. The molecule has 0 aromatic carbocycles. The second-order valence-corrected chi connectivity index (χ2v) is 3.49. The second-order valence-electron chi connectivity index (χ2n) is 3.49. The lowest BCUT2D eigenvalue weighted by Crippen LogP contribution is -2.51. The maximum atomic E-state index is 11.5. The van der Waals surface area contributed by atoms with Crippen molar-refractivity contribution < 1.29 is 19.4 Å². The van der Waals surface area contributed by atoms with Gasteiger partial charge in [0, 0.05) is 13.7 Å². The van der Waals surface area contributed by atoms with Crippen molar-refractivity contribution in [3.8, 4) is 0 Å². The zero-order chi connectivity index (χ0) is 10.6. The van der Waals surface area contributed by atoms with Crippen LogP contribution in [0.3, 0.4) is 0 Å². The maximum Gasteiger partial charge on any atom is 0.319 e. The molecule has 0 aromatic rings. The first-order chi connectivity index (χ1) is 6.63. The van der Waals surface area contributed by atoms with Crippen molar-refractivity contribution in [2.75, 3.05) is 20.3 Å². The average Bonchev–Trinajstić information content (AvgIpc) is 2.01. The van der Waals surface area contributed by atoms with Gasteiger partial charge in [0.2, 0.25) is 5.91 Å². The number of amides is 1. The summed E-state index contributed by atoms with van der Waals surface area (Å²) < 4.78 is 4.75. The summed E-state index contributed by atoms with van der Waals surface area (Å²) in [4.78, 5) is 22.4. The van der Waals surface area contributed by atoms with Gasteiger partial charge in [0.05, 0.1) is 6.61 Å². The van der Waals surface area contributed by atoms with E-state index < -0.39 is 11.4 Å². The highest BCUT2D eigenvalue weighted by molar-refractivity contribution is 6.02. The highest BCUT2D eigenvalue weighted by Gasteiger charge is 2.50. The molecule has 80 valence electrons. The van der Waals surface area contributed by atoms with Crippen LogP contribution in [0.5, 0.6) is 0 Å². The van der Waals surface area contributed by atoms with Gasteiger partial charge in [-0.15, -0.1) is 0 Å². The molecule has 0 radical (unpaired) electrons. The molecule has 0 unspecified atom stereocenters. The topological polar surface area (TPSA) is 75.6 Å². The molecule has 0 spiro atoms. The number of carbonyl (C=O) groups is 2. The fourth-order valence-corrected chi connectivity index (χ4v) is 1.50. The van der Waals surface area contributed by atoms with Gasteiger partial charge in [-0.1, -0.05) is 6.42 Å². The molecule has 1 amide bonds. The molecule has 0 aromatic heterocycles. The molecule has 5 nitrogen and oxygen atoms in total. The predicted octanol–water partition coefficient (Wildman–Crippen LogP) is 0.00390. The number of rotatable bonds is 5. The molecule has 1 aliphatic rings. The van der Waals surface area contributed by atoms with Gasteiger partial charge < -0.3 is 15.2 Å². The third-order valence-corrected chi connectivity index (χ3v) is 2.64. The Kier molecular flexibility index (Phi) is 3.46. The Balaban J connectivity index is 2.45. The number of nitrogens with one attached hydrogen (secondary N) is 1. The van der Waals surface area contributed by atoms with E-state index in [0.717, 1.165) is 6.42 Å². The third-order valence-electron chi connectivity index (χ3n) is 2.64. The van der Waals surface area contributed by atoms with Crippen LogP contribution in [-0.2, 0) is 14.3 Å². The largest absolute Gasteiger partial charge is 0.480 e. The number of methoxy groups -OCH3 is 1. The quantitative estimate of drug-likeness (QED) is 0.485. The zero-order valence-electron chi connectivity index (χ0n) is 8.21. The molecule has 1 rings (SSSR count). The Bertz CT molecular complexity index is 235. The summed E-state index contributed by atoms with van der Waals surface area (Å²) in [5, 5.41) is 11.5. The van der Waals surface area contributed by atoms with Gasteiger partial charge in [0.15, 0.2) is 0 Å². The van der Waals surface area contributed by atoms with E-state index in [2.05, 4.69) is 5.32 Å². The highest BCUT2D eigenvalue weighted by atomic mass is 16.5. The minimum atomic E-state index is -1.16. The number of carbonyl (C=O) groups excluding carboxylic acids is 1. The summed E-state index contributed by atoms with van der Waals surface area (Å²) in [6.45, 7) is 0.770. The lowest BCUT2D eigenvalue weighted by Gasteiger charge is -2.35. The molecule has 0 bridgehead atoms. The second kappa shape index (κ2) is 4.41. The molecule has 14 heavy (non-hydrogen) atoms. The fourth-order valence-electron chi connectivity index (χ4n) is 1.50. The van der Waals surface area contributed by atoms with Gasteiger partial charge in [0.1, 0.15) is 5.41 Å². The molecule has 1 fully saturated rings. The van der Waals surface area contributed by atoms with Crippen molar-refractivity contribution in [2.45, 2.75) is 19.3 Å². The fraction of sp³-hybridized carbons (Fsp3) is 0.778. The van der Waals surface area contributed by atoms with Crippen molar-refractivity contribution >= 4 is 11.9 Å². The summed E-state index contributed by atoms with van der Waals surface area (Å²) >= 11 is 0. The molecule has 2 N–H and O–H groups in total. The standard InChI is InChI=1S/C9H15NO4/c1-14-6-5-10-7(11)9(8(12)13)3-2-4-9/h2-6H2,1H3,(H,10,11)(H,12,13). The van der Waals surface area contributed by atoms with Crippen LogP contribution in [0.25, 0.3) is 0 Å². The van der Waals surface area contributed by atoms with Crippen LogP contribution < -0.4 is 5.32 Å². The molecule has 1 aliphatic carbocycles. The number of hydrogen-bond acceptors (Lipinski definition) is 3. The number of ether oxygens (including phenoxy) is 1. The molecule has 0 atom stereocenters. The van der Waals surface area contributed by atoms with E-state index in [9.17, 15) is 9.59 Å². The summed E-state index contributed by atoms with van der Waals surface area (Å²) in [7, 11) is 1.53. The summed E-state index contributed by atoms with van der Waals surface area (Å²) in [6.07, 6.45) is 1.70. The first-order valence-corrected chi connectivity index (χ1v) is 4.64. The first-order valence-electron chi connectivity index (χ1n) is 4.64. The SMILES string of the molecule is COCCNC(=O)C1(C(=O)O)CCC1. The zero-order valence-corrected chi connectivity index (χ0v) is 8.21. The Morgan fingerprint density at radius 1 is 1.50 bits per heavy atom. The number of carboxylic acid groups (broad SMARTS) is 1. The highest BCUT2D eigenvalue weighted by Crippen LogP contribution is 2.41. The molecule has 0 aliphatic heterocycles. The van der Waals surface area contributed by atoms with Crippen molar-refractivity contribution in [3.05, 3.63) is 0 Å². The van der Waals surface area contributed by atoms with Crippen molar-refractivity contribution in [1.29, 1.82) is 0 Å². The molecule has 5 heteroatoms. The lowest BCUT2D eigenvalue weighted by molar-refractivity contribution is -0.162. The Hall–Kier alpha value is -1.10. The van der Waals surface area contributed by atoms with Gasteiger partial charge >= 0.3 is 5.97 Å². The Morgan fingerprint density at radius 2 is 2.14 bits per heavy atom. The third kappa shape index (κ3) is 1.87. The van der Waals surface area contributed by atoms with Crippen LogP contribution >= 0.6 is 0 Å². The van der Waals surface area contributed by atoms with Crippen molar-refractivity contribution in [3.63, 3.8) is 0 Å². The van der Waals surface area contributed by atoms with E-state index in [1.54, 1.807) is 0 Å². The van der Waals surface area contributed by atoms with Gasteiger partial charge in [-0.2, -0.15) is 0 Å². The van der Waals surface area contributed by atoms with E-state index in [-0.39, 0.29) is 5.91 Å². The van der Waals surface area contributed by atoms with Crippen LogP contribution in [-0.4, -0.2) is 37.2 Å². The lowest BCUT2D eigenvalue weighted by atomic mass is 9.68. The van der Waals surface area contributed by atoms with Crippen LogP contribution in [0.15, 0.2) is 0 Å². The molecular weight excluding hydrogens is 186 g/mol. The number of hydrogen-bond donors (Lipinski definition) is 2. The molecular formula is C9H15NO4. The minimum Gasteiger partial charge on any atom is -0.480 e. The van der Waals surface area contributed by atoms with Crippen molar-refractivity contribution in [1.82, 2.24) is 5.32 Å². The van der Waals surface area contributed by atoms with E-state index >= 15 is 0 Å². The van der Waals surface area contributed by atoms with Crippen LogP contribution in [0, 0.1) is 5.41 Å². The first kappa shape index (κ1) is 11.0. The monoisotopic (exact) mass is 201 g/mol. The van der Waals surface area contributed by atoms with E-state index in [0.29, 0.717) is 26.0 Å². The van der Waals surface area contributed by atoms with Gasteiger partial charge in [-0.3, -0.25) is 9.59 Å². The summed E-state index contributed by atoms with van der Waals surface area (Å²) in [5.74, 6) is -1.40. The normalized spacial score (nSPS) is 18.4. The van der Waals surface area contributed by atoms with Crippen LogP contribution in [0.2, 0.25) is 0 Å². The summed E-state index contributed by atoms with van der Waals surface area (Å²) in [6, 6.07) is 0. The number of aliphatic carboxylic acids is 1. The Morgan fingerprint density at radius 3 is 2.50 bits per heavy atom. The van der Waals surface area contributed by atoms with Crippen LogP contribution in [0.4, 0.5) is 0 Å². The van der Waals surface area contributed by atoms with E-state index in [4.69, 9.17) is 9.84 Å². The maximum absolute atomic E-state index is 11.5. The van der Waals surface area contributed by atoms with Gasteiger partial charge in [0.25, 0.3) is 0 Å². The molecule has 0 heterocycles. The Labute approximate surface area is 82.4 Å². The minimum absolute atomic E-state index is 0.365. The smallest absolute Gasteiger partial charge is 0.319 e. The van der Waals surface area contributed by atoms with Crippen LogP contribution in [0.1, 0.15) is 19.3 Å². The van der Waals surface area contributed by atoms with Gasteiger partial charge in [-0.25, -0.2) is 0 Å². The van der Waals surface area contributed by atoms with E-state index in [1.807, 2.05) is 0 Å². The molecule has 0 saturated heterocycles. The number of carboxylic acids is 1.